The standard InChI is InChI=1S/C15H21N9O2/c1-23(2)9-11-12(18-22-24(11)14-13(16)20-26-21-14)15(25)19-17-8-10-6-4-3-5-7-10/h3-4,8,17H,5-7,9H2,1-2H3,(H2,16,20)(H,19,25)/b10-8+. The highest BCUT2D eigenvalue weighted by molar-refractivity contribution is 5.93. The minimum Gasteiger partial charge on any atom is -0.378 e. The van der Waals surface area contributed by atoms with E-state index in [-0.39, 0.29) is 17.3 Å². The molecular formula is C15H21N9O2. The van der Waals surface area contributed by atoms with Gasteiger partial charge in [-0.3, -0.25) is 10.2 Å². The van der Waals surface area contributed by atoms with Crippen LogP contribution in [0.4, 0.5) is 5.82 Å². The van der Waals surface area contributed by atoms with Crippen LogP contribution < -0.4 is 16.6 Å². The summed E-state index contributed by atoms with van der Waals surface area (Å²) in [5, 5.41) is 15.2. The lowest BCUT2D eigenvalue weighted by Crippen LogP contribution is -2.35. The van der Waals surface area contributed by atoms with Gasteiger partial charge in [0.2, 0.25) is 11.6 Å². The summed E-state index contributed by atoms with van der Waals surface area (Å²) in [5.41, 5.74) is 13.1. The summed E-state index contributed by atoms with van der Waals surface area (Å²) >= 11 is 0. The molecule has 0 fully saturated rings. The molecule has 3 rings (SSSR count). The number of rotatable bonds is 6. The Morgan fingerprint density at radius 2 is 2.27 bits per heavy atom. The van der Waals surface area contributed by atoms with E-state index in [2.05, 4.69) is 48.3 Å². The second kappa shape index (κ2) is 7.78. The van der Waals surface area contributed by atoms with Crippen molar-refractivity contribution in [2.75, 3.05) is 19.8 Å². The number of hydrogen-bond acceptors (Lipinski definition) is 9. The van der Waals surface area contributed by atoms with Crippen LogP contribution in [0.2, 0.25) is 0 Å². The van der Waals surface area contributed by atoms with Crippen molar-refractivity contribution in [2.45, 2.75) is 25.8 Å². The van der Waals surface area contributed by atoms with E-state index >= 15 is 0 Å². The summed E-state index contributed by atoms with van der Waals surface area (Å²) in [6, 6.07) is 0. The van der Waals surface area contributed by atoms with E-state index in [0.29, 0.717) is 12.2 Å². The van der Waals surface area contributed by atoms with Crippen LogP contribution in [0.1, 0.15) is 35.4 Å². The zero-order valence-corrected chi connectivity index (χ0v) is 14.6. The molecule has 0 radical (unpaired) electrons. The molecule has 2 aromatic heterocycles. The molecule has 0 atom stereocenters. The maximum absolute atomic E-state index is 12.5. The summed E-state index contributed by atoms with van der Waals surface area (Å²) in [6.45, 7) is 0.397. The number of nitrogens with one attached hydrogen (secondary N) is 2. The maximum Gasteiger partial charge on any atom is 0.292 e. The summed E-state index contributed by atoms with van der Waals surface area (Å²) < 4.78 is 5.96. The Labute approximate surface area is 149 Å². The van der Waals surface area contributed by atoms with Gasteiger partial charge < -0.3 is 16.1 Å². The third-order valence-electron chi connectivity index (χ3n) is 3.78. The first kappa shape index (κ1) is 17.6. The number of nitrogens with zero attached hydrogens (tertiary/aromatic N) is 6. The second-order valence-corrected chi connectivity index (χ2v) is 6.12. The highest BCUT2D eigenvalue weighted by atomic mass is 16.6. The number of aromatic nitrogens is 5. The Balaban J connectivity index is 1.78. The fourth-order valence-corrected chi connectivity index (χ4v) is 2.54. The Hall–Kier alpha value is -3.21. The lowest BCUT2D eigenvalue weighted by molar-refractivity contribution is 0.0934. The van der Waals surface area contributed by atoms with Gasteiger partial charge in [0.15, 0.2) is 5.69 Å². The number of carbonyl (C=O) groups excluding carboxylic acids is 1. The molecule has 11 heteroatoms. The van der Waals surface area contributed by atoms with Gasteiger partial charge in [-0.15, -0.1) is 5.10 Å². The van der Waals surface area contributed by atoms with Gasteiger partial charge in [0, 0.05) is 12.7 Å². The first-order valence-corrected chi connectivity index (χ1v) is 8.12. The van der Waals surface area contributed by atoms with Gasteiger partial charge >= 0.3 is 0 Å². The van der Waals surface area contributed by atoms with Crippen LogP contribution in [-0.4, -0.2) is 50.2 Å². The van der Waals surface area contributed by atoms with E-state index in [0.717, 1.165) is 19.3 Å². The van der Waals surface area contributed by atoms with Crippen LogP contribution in [0.5, 0.6) is 0 Å². The molecule has 2 aromatic rings. The van der Waals surface area contributed by atoms with E-state index < -0.39 is 5.91 Å². The molecule has 11 nitrogen and oxygen atoms in total. The largest absolute Gasteiger partial charge is 0.378 e. The molecule has 0 aromatic carbocycles. The lowest BCUT2D eigenvalue weighted by atomic mass is 10.0. The van der Waals surface area contributed by atoms with Crippen molar-refractivity contribution in [1.82, 2.24) is 41.1 Å². The monoisotopic (exact) mass is 359 g/mol. The molecule has 1 amide bonds. The summed E-state index contributed by atoms with van der Waals surface area (Å²) in [7, 11) is 3.73. The molecule has 26 heavy (non-hydrogen) atoms. The predicted molar refractivity (Wildman–Crippen MR) is 92.7 cm³/mol. The van der Waals surface area contributed by atoms with Gasteiger partial charge in [-0.25, -0.2) is 4.63 Å². The third kappa shape index (κ3) is 3.88. The fraction of sp³-hybridized carbons (Fsp3) is 0.400. The number of nitrogen functional groups attached to an aromatic ring is 1. The highest BCUT2D eigenvalue weighted by Crippen LogP contribution is 2.17. The molecule has 1 aliphatic carbocycles. The number of nitrogens with two attached hydrogens (primary N) is 1. The number of allylic oxidation sites excluding steroid dienone is 3. The lowest BCUT2D eigenvalue weighted by Gasteiger charge is -2.12. The molecule has 138 valence electrons. The fourth-order valence-electron chi connectivity index (χ4n) is 2.54. The summed E-state index contributed by atoms with van der Waals surface area (Å²) in [6.07, 6.45) is 8.92. The Bertz CT molecular complexity index is 834. The molecule has 1 aliphatic rings. The maximum atomic E-state index is 12.5. The summed E-state index contributed by atoms with van der Waals surface area (Å²) in [5.74, 6) is -0.154. The van der Waals surface area contributed by atoms with Crippen LogP contribution in [0.3, 0.4) is 0 Å². The van der Waals surface area contributed by atoms with Crippen molar-refractivity contribution >= 4 is 11.7 Å². The number of hydrazine groups is 1. The molecule has 0 spiro atoms. The molecule has 0 saturated heterocycles. The normalized spacial score (nSPS) is 15.6. The van der Waals surface area contributed by atoms with Gasteiger partial charge in [-0.1, -0.05) is 17.4 Å². The molecule has 0 bridgehead atoms. The quantitative estimate of drug-likeness (QED) is 0.485. The topological polar surface area (TPSA) is 140 Å². The predicted octanol–water partition coefficient (Wildman–Crippen LogP) is 0.153. The third-order valence-corrected chi connectivity index (χ3v) is 3.78. The zero-order valence-electron chi connectivity index (χ0n) is 14.6. The first-order valence-electron chi connectivity index (χ1n) is 8.12. The van der Waals surface area contributed by atoms with Crippen LogP contribution in [0.15, 0.2) is 28.6 Å². The van der Waals surface area contributed by atoms with Gasteiger partial charge in [0.05, 0.1) is 5.69 Å². The number of carbonyl (C=O) groups is 1. The number of hydrogen-bond donors (Lipinski definition) is 3. The second-order valence-electron chi connectivity index (χ2n) is 6.12. The smallest absolute Gasteiger partial charge is 0.292 e. The SMILES string of the molecule is CN(C)Cc1c(C(=O)NN/C=C2\CC=CCC2)nnn1-c1nonc1N. The molecule has 0 unspecified atom stereocenters. The van der Waals surface area contributed by atoms with Crippen molar-refractivity contribution in [3.63, 3.8) is 0 Å². The van der Waals surface area contributed by atoms with Gasteiger partial charge in [-0.2, -0.15) is 4.68 Å². The zero-order chi connectivity index (χ0) is 18.5. The molecule has 0 aliphatic heterocycles. The van der Waals surface area contributed by atoms with Gasteiger partial charge in [0.1, 0.15) is 0 Å². The van der Waals surface area contributed by atoms with E-state index in [9.17, 15) is 4.79 Å². The van der Waals surface area contributed by atoms with E-state index in [1.165, 1.54) is 10.3 Å². The average molecular weight is 359 g/mol. The highest BCUT2D eigenvalue weighted by Gasteiger charge is 2.24. The van der Waals surface area contributed by atoms with Crippen molar-refractivity contribution in [1.29, 1.82) is 0 Å². The first-order chi connectivity index (χ1) is 12.6. The average Bonchev–Trinajstić information content (AvgIpc) is 3.21. The Kier molecular flexibility index (Phi) is 5.27. The number of amides is 1. The molecule has 0 saturated carbocycles. The van der Waals surface area contributed by atoms with Crippen LogP contribution in [-0.2, 0) is 6.54 Å². The van der Waals surface area contributed by atoms with Gasteiger partial charge in [-0.05, 0) is 49.2 Å². The van der Waals surface area contributed by atoms with Crippen molar-refractivity contribution in [3.05, 3.63) is 35.3 Å². The Morgan fingerprint density at radius 3 is 2.92 bits per heavy atom. The number of anilines is 1. The molecule has 2 heterocycles. The molecular weight excluding hydrogens is 338 g/mol. The van der Waals surface area contributed by atoms with E-state index in [4.69, 9.17) is 5.73 Å². The minimum atomic E-state index is -0.411. The van der Waals surface area contributed by atoms with Crippen molar-refractivity contribution in [2.24, 2.45) is 0 Å². The minimum absolute atomic E-state index is 0.0649. The Morgan fingerprint density at radius 1 is 1.42 bits per heavy atom. The van der Waals surface area contributed by atoms with Crippen LogP contribution >= 0.6 is 0 Å². The van der Waals surface area contributed by atoms with Crippen LogP contribution in [0.25, 0.3) is 5.82 Å². The van der Waals surface area contributed by atoms with Gasteiger partial charge in [0.25, 0.3) is 5.91 Å². The van der Waals surface area contributed by atoms with Crippen molar-refractivity contribution < 1.29 is 9.42 Å². The van der Waals surface area contributed by atoms with Crippen LogP contribution in [0, 0.1) is 0 Å². The van der Waals surface area contributed by atoms with E-state index in [1.54, 1.807) is 6.20 Å². The molecule has 4 N–H and O–H groups in total. The van der Waals surface area contributed by atoms with Crippen molar-refractivity contribution in [3.8, 4) is 5.82 Å². The van der Waals surface area contributed by atoms with E-state index in [1.807, 2.05) is 19.0 Å². The summed E-state index contributed by atoms with van der Waals surface area (Å²) in [4.78, 5) is 14.4.